The zero-order chi connectivity index (χ0) is 49.3. The van der Waals surface area contributed by atoms with Crippen molar-refractivity contribution in [1.29, 1.82) is 0 Å². The Morgan fingerprint density at radius 3 is 2.50 bits per heavy atom. The van der Waals surface area contributed by atoms with Crippen LogP contribution in [-0.4, -0.2) is 62.3 Å². The number of ether oxygens (including phenoxy) is 1. The SMILES string of the molecule is O=C1CCc2cc(c(O)c(OC3CCCC3)c2)Cc2ccc3c(c2)C(C=CC3C(O)Cc2ccccc2)c2cc[nH]c2[N-]CC2=Cc3[n-]ccc3C(CC3C=Cc4c(O)cccc4CC3)C2C(=O)C1CCO. The first-order valence-corrected chi connectivity index (χ1v) is 26.1. The largest absolute Gasteiger partial charge is 0.664 e. The van der Waals surface area contributed by atoms with E-state index in [1.54, 1.807) is 12.3 Å². The number of fused-ring (bicyclic) bond motifs is 8. The molecule has 2 aromatic heterocycles. The number of hydrogen-bond acceptors (Lipinski definition) is 7. The molecule has 4 aromatic carbocycles. The fourth-order valence-corrected chi connectivity index (χ4v) is 12.5. The van der Waals surface area contributed by atoms with Crippen molar-refractivity contribution in [2.24, 2.45) is 17.8 Å². The van der Waals surface area contributed by atoms with Crippen LogP contribution in [-0.2, 0) is 35.3 Å². The van der Waals surface area contributed by atoms with Crippen molar-refractivity contribution in [1.82, 2.24) is 9.97 Å². The molecule has 1 saturated carbocycles. The molecule has 370 valence electrons. The van der Waals surface area contributed by atoms with Crippen molar-refractivity contribution in [2.75, 3.05) is 13.2 Å². The number of aliphatic hydroxyl groups excluding tert-OH is 2. The van der Waals surface area contributed by atoms with Gasteiger partial charge in [0.05, 0.1) is 18.1 Å². The number of aromatic amines is 1. The molecule has 3 heterocycles. The lowest BCUT2D eigenvalue weighted by Gasteiger charge is -2.38. The number of carbonyl (C=O) groups excluding carboxylic acids is 2. The summed E-state index contributed by atoms with van der Waals surface area (Å²) in [4.78, 5) is 38.6. The summed E-state index contributed by atoms with van der Waals surface area (Å²) in [6.07, 6.45) is 20.8. The highest BCUT2D eigenvalue weighted by atomic mass is 16.5. The number of phenolic OH excluding ortho intramolecular Hbond substituents is 2. The summed E-state index contributed by atoms with van der Waals surface area (Å²) >= 11 is 0. The number of hydrogen-bond donors (Lipinski definition) is 5. The van der Waals surface area contributed by atoms with Crippen molar-refractivity contribution in [3.05, 3.63) is 194 Å². The number of nitrogens with zero attached hydrogens (tertiary/aromatic N) is 2. The van der Waals surface area contributed by atoms with Crippen molar-refractivity contribution in [3.8, 4) is 17.2 Å². The first-order valence-electron chi connectivity index (χ1n) is 26.1. The molecule has 4 aliphatic carbocycles. The molecule has 7 atom stereocenters. The number of rotatable bonds is 9. The number of benzene rings is 4. The second-order valence-corrected chi connectivity index (χ2v) is 20.8. The molecule has 0 amide bonds. The van der Waals surface area contributed by atoms with E-state index < -0.39 is 17.9 Å². The summed E-state index contributed by atoms with van der Waals surface area (Å²) < 4.78 is 6.54. The molecular weight excluding hydrogens is 899 g/mol. The Balaban J connectivity index is 1.01. The van der Waals surface area contributed by atoms with E-state index >= 15 is 4.79 Å². The van der Waals surface area contributed by atoms with Gasteiger partial charge in [0.25, 0.3) is 0 Å². The molecular formula is C62H63N3O7-2. The van der Waals surface area contributed by atoms with Gasteiger partial charge in [-0.3, -0.25) is 9.59 Å². The molecule has 1 aliphatic heterocycles. The van der Waals surface area contributed by atoms with Crippen LogP contribution in [0.1, 0.15) is 130 Å². The van der Waals surface area contributed by atoms with Crippen molar-refractivity contribution in [2.45, 2.75) is 107 Å². The van der Waals surface area contributed by atoms with E-state index in [-0.39, 0.29) is 78.8 Å². The lowest BCUT2D eigenvalue weighted by atomic mass is 9.67. The van der Waals surface area contributed by atoms with Gasteiger partial charge in [-0.05, 0) is 134 Å². The maximum atomic E-state index is 15.6. The van der Waals surface area contributed by atoms with E-state index in [0.717, 1.165) is 99.9 Å². The van der Waals surface area contributed by atoms with E-state index in [2.05, 4.69) is 53.5 Å². The number of H-pyrrole nitrogens is 1. The van der Waals surface area contributed by atoms with Gasteiger partial charge in [0.15, 0.2) is 17.3 Å². The smallest absolute Gasteiger partial charge is 0.161 e. The molecule has 10 nitrogen and oxygen atoms in total. The zero-order valence-electron chi connectivity index (χ0n) is 40.6. The number of aliphatic hydroxyl groups is 2. The van der Waals surface area contributed by atoms with Crippen molar-refractivity contribution < 1.29 is 34.8 Å². The Morgan fingerprint density at radius 1 is 0.792 bits per heavy atom. The number of allylic oxidation sites excluding steroid dienone is 2. The third kappa shape index (κ3) is 9.62. The molecule has 4 bridgehead atoms. The standard InChI is InChI=1S/C62H63N3O7/c66-28-25-51-56(68)22-16-40-30-42(60(70)58(34-40)72-44-10-4-5-11-44)29-39-15-19-46-49(57(69)33-37-7-2-1-3-8-37)21-20-47(52(46)32-39)50-24-27-64-62(50)65-36-43-35-54-48(23-26-63-54)53(59(43)61(51)71)31-38-13-17-41-9-6-12-55(67)45(41)18-14-38/h1-3,6-9,12,14-15,18-21,23-24,26-27,30,32,34-35,38,44,47,49,51,53,57,59,64,66-67,69-70H,4-5,10-11,13,16-17,22,25,28-29,31,33,36H2/q-2. The maximum absolute atomic E-state index is 15.6. The molecule has 10 heteroatoms. The van der Waals surface area contributed by atoms with Crippen LogP contribution in [0.5, 0.6) is 17.2 Å². The minimum atomic E-state index is -1.06. The van der Waals surface area contributed by atoms with Crippen molar-refractivity contribution in [3.63, 3.8) is 0 Å². The van der Waals surface area contributed by atoms with E-state index in [0.29, 0.717) is 42.8 Å². The fourth-order valence-electron chi connectivity index (χ4n) is 12.5. The van der Waals surface area contributed by atoms with Crippen LogP contribution in [0.4, 0.5) is 5.82 Å². The number of aromatic hydroxyl groups is 2. The molecule has 5 N–H and O–H groups in total. The summed E-state index contributed by atoms with van der Waals surface area (Å²) in [5.41, 5.74) is 11.0. The monoisotopic (exact) mass is 961 g/mol. The molecule has 6 aromatic rings. The number of carbonyl (C=O) groups is 2. The van der Waals surface area contributed by atoms with Gasteiger partial charge < -0.3 is 40.4 Å². The highest BCUT2D eigenvalue weighted by Gasteiger charge is 2.41. The fraction of sp³-hybridized carbons (Fsp3) is 0.355. The minimum Gasteiger partial charge on any atom is -0.664 e. The van der Waals surface area contributed by atoms with E-state index in [4.69, 9.17) is 15.0 Å². The second-order valence-electron chi connectivity index (χ2n) is 20.8. The normalized spacial score (nSPS) is 23.5. The lowest BCUT2D eigenvalue weighted by Crippen LogP contribution is -2.37. The van der Waals surface area contributed by atoms with Crippen LogP contribution in [0.3, 0.4) is 0 Å². The average Bonchev–Trinajstić information content (AvgIpc) is 4.17. The minimum absolute atomic E-state index is 0.0000193. The predicted octanol–water partition coefficient (Wildman–Crippen LogP) is 11.2. The Kier molecular flexibility index (Phi) is 13.6. The van der Waals surface area contributed by atoms with Crippen LogP contribution in [0.15, 0.2) is 127 Å². The number of ketones is 2. The summed E-state index contributed by atoms with van der Waals surface area (Å²) in [6, 6.07) is 30.0. The van der Waals surface area contributed by atoms with Gasteiger partial charge in [-0.25, -0.2) is 0 Å². The second kappa shape index (κ2) is 20.7. The number of aryl methyl sites for hydroxylation is 2. The van der Waals surface area contributed by atoms with Crippen LogP contribution >= 0.6 is 0 Å². The summed E-state index contributed by atoms with van der Waals surface area (Å²) in [6.45, 7) is -0.156. The predicted molar refractivity (Wildman–Crippen MR) is 280 cm³/mol. The van der Waals surface area contributed by atoms with Gasteiger partial charge in [0.2, 0.25) is 0 Å². The van der Waals surface area contributed by atoms with Crippen LogP contribution in [0.25, 0.3) is 17.5 Å². The van der Waals surface area contributed by atoms with E-state index in [1.807, 2.05) is 72.9 Å². The zero-order valence-corrected chi connectivity index (χ0v) is 40.6. The van der Waals surface area contributed by atoms with Gasteiger partial charge in [-0.1, -0.05) is 132 Å². The molecule has 0 saturated heterocycles. The maximum Gasteiger partial charge on any atom is 0.161 e. The van der Waals surface area contributed by atoms with Crippen LogP contribution in [0.2, 0.25) is 0 Å². The third-order valence-corrected chi connectivity index (χ3v) is 16.2. The van der Waals surface area contributed by atoms with Crippen molar-refractivity contribution >= 4 is 29.5 Å². The summed E-state index contributed by atoms with van der Waals surface area (Å²) in [5.74, 6) is -1.63. The van der Waals surface area contributed by atoms with E-state index in [9.17, 15) is 25.2 Å². The Labute approximate surface area is 421 Å². The number of nitrogens with one attached hydrogen (secondary N) is 1. The Bertz CT molecular complexity index is 3050. The molecule has 1 fully saturated rings. The summed E-state index contributed by atoms with van der Waals surface area (Å²) in [7, 11) is 0. The highest BCUT2D eigenvalue weighted by Crippen LogP contribution is 2.49. The first kappa shape index (κ1) is 47.4. The Hall–Kier alpha value is -6.88. The molecule has 5 aliphatic rings. The van der Waals surface area contributed by atoms with Gasteiger partial charge in [0.1, 0.15) is 11.5 Å². The van der Waals surface area contributed by atoms with Gasteiger partial charge in [-0.15, -0.1) is 5.69 Å². The Morgan fingerprint density at radius 2 is 1.65 bits per heavy atom. The summed E-state index contributed by atoms with van der Waals surface area (Å²) in [5, 5.41) is 50.5. The van der Waals surface area contributed by atoms with Gasteiger partial charge >= 0.3 is 0 Å². The lowest BCUT2D eigenvalue weighted by molar-refractivity contribution is -0.135. The molecule has 0 spiro atoms. The number of phenols is 2. The van der Waals surface area contributed by atoms with Crippen LogP contribution < -0.4 is 9.72 Å². The highest BCUT2D eigenvalue weighted by molar-refractivity contribution is 6.05. The van der Waals surface area contributed by atoms with Crippen LogP contribution in [0, 0.1) is 17.8 Å². The van der Waals surface area contributed by atoms with Gasteiger partial charge in [0, 0.05) is 48.3 Å². The van der Waals surface area contributed by atoms with E-state index in [1.165, 1.54) is 0 Å². The average molecular weight is 962 g/mol. The quantitative estimate of drug-likeness (QED) is 0.0705. The molecule has 7 unspecified atom stereocenters. The molecule has 0 radical (unpaired) electrons. The molecule has 72 heavy (non-hydrogen) atoms. The number of Topliss-reactive ketones (excluding diaryl/α,β-unsaturated/α-hetero) is 2. The first-order chi connectivity index (χ1) is 35.2. The third-order valence-electron chi connectivity index (χ3n) is 16.2. The van der Waals surface area contributed by atoms with Gasteiger partial charge in [-0.2, -0.15) is 6.20 Å². The number of aromatic nitrogens is 2. The molecule has 11 rings (SSSR count). The topological polar surface area (TPSA) is 168 Å².